The Labute approximate surface area is 134 Å². The molecule has 0 aromatic heterocycles. The minimum absolute atomic E-state index is 0.0856. The van der Waals surface area contributed by atoms with Gasteiger partial charge in [-0.25, -0.2) is 8.78 Å². The molecular weight excluding hydrogens is 358 g/mol. The molecule has 4 heteroatoms. The number of benzene rings is 3. The molecule has 0 bridgehead atoms. The topological polar surface area (TPSA) is 0 Å². The molecular formula is C17H10BrClF2. The predicted molar refractivity (Wildman–Crippen MR) is 86.1 cm³/mol. The van der Waals surface area contributed by atoms with Crippen molar-refractivity contribution in [1.29, 1.82) is 0 Å². The molecule has 0 amide bonds. The van der Waals surface area contributed by atoms with E-state index in [2.05, 4.69) is 15.9 Å². The number of hydrogen-bond donors (Lipinski definition) is 0. The summed E-state index contributed by atoms with van der Waals surface area (Å²) in [6.07, 6.45) is 0. The molecule has 0 aliphatic carbocycles. The second kappa shape index (κ2) is 5.74. The molecule has 0 saturated carbocycles. The van der Waals surface area contributed by atoms with Crippen LogP contribution in [0.25, 0.3) is 10.8 Å². The highest BCUT2D eigenvalue weighted by Crippen LogP contribution is 2.37. The van der Waals surface area contributed by atoms with E-state index in [1.165, 1.54) is 18.2 Å². The van der Waals surface area contributed by atoms with Gasteiger partial charge in [-0.3, -0.25) is 0 Å². The van der Waals surface area contributed by atoms with Gasteiger partial charge in [0, 0.05) is 5.39 Å². The van der Waals surface area contributed by atoms with Gasteiger partial charge in [0.05, 0.1) is 9.85 Å². The Morgan fingerprint density at radius 3 is 2.29 bits per heavy atom. The molecule has 0 N–H and O–H groups in total. The zero-order chi connectivity index (χ0) is 15.0. The number of halogens is 4. The van der Waals surface area contributed by atoms with Crippen LogP contribution in [0.15, 0.2) is 54.6 Å². The molecule has 1 unspecified atom stereocenters. The zero-order valence-electron chi connectivity index (χ0n) is 10.8. The summed E-state index contributed by atoms with van der Waals surface area (Å²) < 4.78 is 27.5. The van der Waals surface area contributed by atoms with E-state index in [9.17, 15) is 8.78 Å². The number of alkyl halides is 1. The SMILES string of the molecule is Fc1cc(C(Br)c2ccc(F)c3ccccc23)ccc1Cl. The highest BCUT2D eigenvalue weighted by Gasteiger charge is 2.16. The summed E-state index contributed by atoms with van der Waals surface area (Å²) in [5.74, 6) is -0.735. The smallest absolute Gasteiger partial charge is 0.142 e. The van der Waals surface area contributed by atoms with Crippen molar-refractivity contribution in [3.05, 3.63) is 82.4 Å². The molecule has 0 spiro atoms. The minimum atomic E-state index is -0.468. The summed E-state index contributed by atoms with van der Waals surface area (Å²) in [6.45, 7) is 0. The van der Waals surface area contributed by atoms with Crippen molar-refractivity contribution in [2.45, 2.75) is 4.83 Å². The van der Waals surface area contributed by atoms with Crippen LogP contribution >= 0.6 is 27.5 Å². The summed E-state index contributed by atoms with van der Waals surface area (Å²) in [7, 11) is 0. The van der Waals surface area contributed by atoms with Gasteiger partial charge >= 0.3 is 0 Å². The molecule has 0 heterocycles. The van der Waals surface area contributed by atoms with E-state index >= 15 is 0 Å². The van der Waals surface area contributed by atoms with Gasteiger partial charge in [0.25, 0.3) is 0 Å². The van der Waals surface area contributed by atoms with Gasteiger partial charge in [0.2, 0.25) is 0 Å². The van der Waals surface area contributed by atoms with Crippen LogP contribution in [0.1, 0.15) is 16.0 Å². The zero-order valence-corrected chi connectivity index (χ0v) is 13.1. The van der Waals surface area contributed by atoms with Crippen LogP contribution in [0.4, 0.5) is 8.78 Å². The van der Waals surface area contributed by atoms with Crippen LogP contribution < -0.4 is 0 Å². The average molecular weight is 368 g/mol. The van der Waals surface area contributed by atoms with Crippen LogP contribution in [-0.2, 0) is 0 Å². The lowest BCUT2D eigenvalue weighted by Crippen LogP contribution is -1.96. The van der Waals surface area contributed by atoms with Crippen LogP contribution in [-0.4, -0.2) is 0 Å². The fourth-order valence-corrected chi connectivity index (χ4v) is 3.16. The normalized spacial score (nSPS) is 12.6. The van der Waals surface area contributed by atoms with E-state index < -0.39 is 5.82 Å². The van der Waals surface area contributed by atoms with Gasteiger partial charge in [-0.15, -0.1) is 0 Å². The Kier molecular flexibility index (Phi) is 3.96. The van der Waals surface area contributed by atoms with Crippen molar-refractivity contribution in [2.75, 3.05) is 0 Å². The van der Waals surface area contributed by atoms with Crippen molar-refractivity contribution in [1.82, 2.24) is 0 Å². The first-order valence-electron chi connectivity index (χ1n) is 6.34. The van der Waals surface area contributed by atoms with E-state index in [1.54, 1.807) is 24.3 Å². The first-order valence-corrected chi connectivity index (χ1v) is 7.63. The first kappa shape index (κ1) is 14.5. The maximum Gasteiger partial charge on any atom is 0.142 e. The van der Waals surface area contributed by atoms with Gasteiger partial charge in [-0.2, -0.15) is 0 Å². The van der Waals surface area contributed by atoms with Crippen molar-refractivity contribution in [3.63, 3.8) is 0 Å². The van der Waals surface area contributed by atoms with Gasteiger partial charge in [0.1, 0.15) is 11.6 Å². The Morgan fingerprint density at radius 2 is 1.57 bits per heavy atom. The molecule has 3 aromatic rings. The predicted octanol–water partition coefficient (Wildman–Crippen LogP) is 6.26. The van der Waals surface area contributed by atoms with E-state index in [0.29, 0.717) is 5.39 Å². The van der Waals surface area contributed by atoms with E-state index in [1.807, 2.05) is 12.1 Å². The van der Waals surface area contributed by atoms with Gasteiger partial charge in [-0.05, 0) is 34.7 Å². The third-order valence-corrected chi connectivity index (χ3v) is 4.74. The Balaban J connectivity index is 2.15. The van der Waals surface area contributed by atoms with Crippen LogP contribution in [0.5, 0.6) is 0 Å². The first-order chi connectivity index (χ1) is 10.1. The van der Waals surface area contributed by atoms with Crippen LogP contribution in [0.2, 0.25) is 5.02 Å². The lowest BCUT2D eigenvalue weighted by molar-refractivity contribution is 0.626. The molecule has 0 nitrogen and oxygen atoms in total. The summed E-state index contributed by atoms with van der Waals surface area (Å²) in [6, 6.07) is 15.0. The van der Waals surface area contributed by atoms with Crippen molar-refractivity contribution in [2.24, 2.45) is 0 Å². The van der Waals surface area contributed by atoms with E-state index in [4.69, 9.17) is 11.6 Å². The third kappa shape index (κ3) is 2.68. The maximum absolute atomic E-state index is 13.9. The molecule has 0 aliphatic heterocycles. The quantitative estimate of drug-likeness (QED) is 0.469. The van der Waals surface area contributed by atoms with Crippen LogP contribution in [0, 0.1) is 11.6 Å². The van der Waals surface area contributed by atoms with E-state index in [0.717, 1.165) is 16.5 Å². The fraction of sp³-hybridized carbons (Fsp3) is 0.0588. The third-order valence-electron chi connectivity index (χ3n) is 3.41. The standard InChI is InChI=1S/C17H10BrClF2/c18-17(10-5-7-14(19)16(21)9-10)13-6-8-15(20)12-4-2-1-3-11(12)13/h1-9,17H. The molecule has 0 saturated heterocycles. The second-order valence-electron chi connectivity index (χ2n) is 4.72. The monoisotopic (exact) mass is 366 g/mol. The van der Waals surface area contributed by atoms with Gasteiger partial charge in [0.15, 0.2) is 0 Å². The molecule has 1 atom stereocenters. The highest BCUT2D eigenvalue weighted by atomic mass is 79.9. The average Bonchev–Trinajstić information content (AvgIpc) is 2.50. The van der Waals surface area contributed by atoms with Crippen molar-refractivity contribution in [3.8, 4) is 0 Å². The number of hydrogen-bond acceptors (Lipinski definition) is 0. The summed E-state index contributed by atoms with van der Waals surface area (Å²) in [5.41, 5.74) is 1.61. The van der Waals surface area contributed by atoms with Gasteiger partial charge < -0.3 is 0 Å². The summed E-state index contributed by atoms with van der Waals surface area (Å²) in [5, 5.41) is 1.44. The molecule has 106 valence electrons. The minimum Gasteiger partial charge on any atom is -0.206 e. The summed E-state index contributed by atoms with van der Waals surface area (Å²) >= 11 is 9.27. The van der Waals surface area contributed by atoms with E-state index in [-0.39, 0.29) is 15.7 Å². The fourth-order valence-electron chi connectivity index (χ4n) is 2.36. The molecule has 0 fully saturated rings. The second-order valence-corrected chi connectivity index (χ2v) is 6.04. The maximum atomic E-state index is 13.9. The molecule has 3 rings (SSSR count). The van der Waals surface area contributed by atoms with Gasteiger partial charge in [-0.1, -0.05) is 63.9 Å². The molecule has 3 aromatic carbocycles. The Morgan fingerprint density at radius 1 is 0.857 bits per heavy atom. The van der Waals surface area contributed by atoms with Crippen molar-refractivity contribution >= 4 is 38.3 Å². The Bertz CT molecular complexity index is 817. The molecule has 21 heavy (non-hydrogen) atoms. The number of fused-ring (bicyclic) bond motifs is 1. The lowest BCUT2D eigenvalue weighted by atomic mass is 9.98. The largest absolute Gasteiger partial charge is 0.206 e. The van der Waals surface area contributed by atoms with Crippen molar-refractivity contribution < 1.29 is 8.78 Å². The van der Waals surface area contributed by atoms with Crippen LogP contribution in [0.3, 0.4) is 0 Å². The summed E-state index contributed by atoms with van der Waals surface area (Å²) in [4.78, 5) is -0.241. The Hall–Kier alpha value is -1.45. The molecule has 0 aliphatic rings. The highest BCUT2D eigenvalue weighted by molar-refractivity contribution is 9.09. The molecule has 0 radical (unpaired) electrons. The number of rotatable bonds is 2. The lowest BCUT2D eigenvalue weighted by Gasteiger charge is -2.14.